The van der Waals surface area contributed by atoms with Crippen LogP contribution < -0.4 is 10.6 Å². The molecule has 7 nitrogen and oxygen atoms in total. The number of hydrogen-bond donors (Lipinski definition) is 2. The SMILES string of the molecule is CCNC(=NCC(C)(C)N1CCOCC1)NCCc1c(C)noc1C. The molecule has 1 fully saturated rings. The summed E-state index contributed by atoms with van der Waals surface area (Å²) in [5, 5.41) is 10.7. The number of rotatable bonds is 7. The van der Waals surface area contributed by atoms with E-state index in [1.54, 1.807) is 0 Å². The van der Waals surface area contributed by atoms with Gasteiger partial charge in [-0.3, -0.25) is 9.89 Å². The zero-order valence-corrected chi connectivity index (χ0v) is 16.3. The molecule has 1 aromatic heterocycles. The van der Waals surface area contributed by atoms with Gasteiger partial charge in [-0.2, -0.15) is 0 Å². The summed E-state index contributed by atoms with van der Waals surface area (Å²) in [7, 11) is 0. The van der Waals surface area contributed by atoms with Gasteiger partial charge in [-0.25, -0.2) is 0 Å². The van der Waals surface area contributed by atoms with Gasteiger partial charge in [-0.1, -0.05) is 5.16 Å². The van der Waals surface area contributed by atoms with Crippen LogP contribution in [0.4, 0.5) is 0 Å². The summed E-state index contributed by atoms with van der Waals surface area (Å²) in [6.45, 7) is 16.5. The molecule has 1 saturated heterocycles. The Balaban J connectivity index is 1.88. The number of guanidine groups is 1. The highest BCUT2D eigenvalue weighted by molar-refractivity contribution is 5.79. The molecule has 0 aromatic carbocycles. The normalized spacial score (nSPS) is 16.9. The molecule has 0 spiro atoms. The second-order valence-electron chi connectivity index (χ2n) is 7.09. The highest BCUT2D eigenvalue weighted by atomic mass is 16.5. The maximum absolute atomic E-state index is 5.45. The Hall–Kier alpha value is -1.60. The fourth-order valence-electron chi connectivity index (χ4n) is 3.05. The average Bonchev–Trinajstić information content (AvgIpc) is 2.92. The Bertz CT molecular complexity index is 542. The van der Waals surface area contributed by atoms with Crippen molar-refractivity contribution in [1.82, 2.24) is 20.7 Å². The highest BCUT2D eigenvalue weighted by Crippen LogP contribution is 2.16. The molecule has 1 aliphatic heterocycles. The van der Waals surface area contributed by atoms with Gasteiger partial charge in [-0.15, -0.1) is 0 Å². The van der Waals surface area contributed by atoms with Crippen LogP contribution in [-0.2, 0) is 11.2 Å². The monoisotopic (exact) mass is 351 g/mol. The third-order valence-corrected chi connectivity index (χ3v) is 4.68. The van der Waals surface area contributed by atoms with Gasteiger partial charge < -0.3 is 19.9 Å². The fourth-order valence-corrected chi connectivity index (χ4v) is 3.05. The van der Waals surface area contributed by atoms with E-state index in [1.807, 2.05) is 13.8 Å². The molecule has 1 aromatic rings. The van der Waals surface area contributed by atoms with Crippen molar-refractivity contribution in [2.75, 3.05) is 45.9 Å². The molecule has 0 amide bonds. The largest absolute Gasteiger partial charge is 0.379 e. The molecule has 0 unspecified atom stereocenters. The van der Waals surface area contributed by atoms with Crippen molar-refractivity contribution in [2.45, 2.75) is 46.6 Å². The first-order valence-corrected chi connectivity index (χ1v) is 9.20. The lowest BCUT2D eigenvalue weighted by atomic mass is 10.0. The van der Waals surface area contributed by atoms with E-state index in [0.717, 1.165) is 69.8 Å². The molecule has 2 N–H and O–H groups in total. The maximum atomic E-state index is 5.45. The smallest absolute Gasteiger partial charge is 0.191 e. The number of aliphatic imine (C=N–C) groups is 1. The van der Waals surface area contributed by atoms with E-state index in [1.165, 1.54) is 5.56 Å². The summed E-state index contributed by atoms with van der Waals surface area (Å²) < 4.78 is 10.7. The van der Waals surface area contributed by atoms with Gasteiger partial charge in [0.05, 0.1) is 25.5 Å². The fraction of sp³-hybridized carbons (Fsp3) is 0.778. The minimum absolute atomic E-state index is 0.0216. The van der Waals surface area contributed by atoms with E-state index in [9.17, 15) is 0 Å². The van der Waals surface area contributed by atoms with Gasteiger partial charge in [0.15, 0.2) is 5.96 Å². The molecular weight excluding hydrogens is 318 g/mol. The standard InChI is InChI=1S/C18H33N5O2/c1-6-19-17(20-8-7-16-14(2)22-25-15(16)3)21-13-18(4,5)23-9-11-24-12-10-23/h6-13H2,1-5H3,(H2,19,20,21). The van der Waals surface area contributed by atoms with Crippen LogP contribution in [0.15, 0.2) is 9.52 Å². The molecule has 0 atom stereocenters. The van der Waals surface area contributed by atoms with Crippen LogP contribution in [0.1, 0.15) is 37.8 Å². The number of hydrogen-bond acceptors (Lipinski definition) is 5. The summed E-state index contributed by atoms with van der Waals surface area (Å²) in [4.78, 5) is 7.25. The first-order chi connectivity index (χ1) is 11.9. The lowest BCUT2D eigenvalue weighted by Gasteiger charge is -2.39. The predicted molar refractivity (Wildman–Crippen MR) is 100 cm³/mol. The summed E-state index contributed by atoms with van der Waals surface area (Å²) in [5.41, 5.74) is 2.17. The summed E-state index contributed by atoms with van der Waals surface area (Å²) in [6.07, 6.45) is 0.873. The van der Waals surface area contributed by atoms with Crippen molar-refractivity contribution in [3.63, 3.8) is 0 Å². The number of nitrogens with zero attached hydrogens (tertiary/aromatic N) is 3. The number of ether oxygens (including phenoxy) is 1. The topological polar surface area (TPSA) is 74.9 Å². The Labute approximate surface area is 151 Å². The minimum atomic E-state index is 0.0216. The van der Waals surface area contributed by atoms with E-state index >= 15 is 0 Å². The van der Waals surface area contributed by atoms with Gasteiger partial charge in [0.25, 0.3) is 0 Å². The van der Waals surface area contributed by atoms with Gasteiger partial charge in [-0.05, 0) is 41.0 Å². The minimum Gasteiger partial charge on any atom is -0.379 e. The predicted octanol–water partition coefficient (Wildman–Crippen LogP) is 1.50. The van der Waals surface area contributed by atoms with Crippen LogP contribution in [0.2, 0.25) is 0 Å². The Morgan fingerprint density at radius 3 is 2.56 bits per heavy atom. The van der Waals surface area contributed by atoms with Crippen LogP contribution in [-0.4, -0.2) is 67.5 Å². The summed E-state index contributed by atoms with van der Waals surface area (Å²) in [5.74, 6) is 1.75. The summed E-state index contributed by atoms with van der Waals surface area (Å²) >= 11 is 0. The van der Waals surface area contributed by atoms with E-state index in [-0.39, 0.29) is 5.54 Å². The van der Waals surface area contributed by atoms with Gasteiger partial charge >= 0.3 is 0 Å². The first kappa shape index (κ1) is 19.7. The van der Waals surface area contributed by atoms with E-state index in [2.05, 4.69) is 41.5 Å². The lowest BCUT2D eigenvalue weighted by Crippen LogP contribution is -2.52. The third kappa shape index (κ3) is 5.71. The molecule has 2 heterocycles. The molecule has 7 heteroatoms. The molecule has 1 aliphatic rings. The number of nitrogens with one attached hydrogen (secondary N) is 2. The second kappa shape index (κ2) is 9.20. The van der Waals surface area contributed by atoms with Crippen molar-refractivity contribution in [3.05, 3.63) is 17.0 Å². The van der Waals surface area contributed by atoms with Crippen LogP contribution in [0.25, 0.3) is 0 Å². The zero-order valence-electron chi connectivity index (χ0n) is 16.3. The van der Waals surface area contributed by atoms with Crippen LogP contribution >= 0.6 is 0 Å². The van der Waals surface area contributed by atoms with E-state index in [4.69, 9.17) is 14.3 Å². The van der Waals surface area contributed by atoms with Gasteiger partial charge in [0.1, 0.15) is 5.76 Å². The Morgan fingerprint density at radius 2 is 1.96 bits per heavy atom. The lowest BCUT2D eigenvalue weighted by molar-refractivity contribution is -0.00683. The molecule has 0 aliphatic carbocycles. The van der Waals surface area contributed by atoms with Crippen LogP contribution in [0.5, 0.6) is 0 Å². The summed E-state index contributed by atoms with van der Waals surface area (Å²) in [6, 6.07) is 0. The van der Waals surface area contributed by atoms with Crippen molar-refractivity contribution >= 4 is 5.96 Å². The van der Waals surface area contributed by atoms with Crippen molar-refractivity contribution < 1.29 is 9.26 Å². The quantitative estimate of drug-likeness (QED) is 0.573. The number of aromatic nitrogens is 1. The number of morpholine rings is 1. The molecule has 25 heavy (non-hydrogen) atoms. The molecular formula is C18H33N5O2. The molecule has 0 bridgehead atoms. The van der Waals surface area contributed by atoms with Gasteiger partial charge in [0, 0.05) is 37.3 Å². The van der Waals surface area contributed by atoms with Crippen molar-refractivity contribution in [3.8, 4) is 0 Å². The van der Waals surface area contributed by atoms with Crippen molar-refractivity contribution in [1.29, 1.82) is 0 Å². The molecule has 2 rings (SSSR count). The Kier molecular flexibility index (Phi) is 7.25. The van der Waals surface area contributed by atoms with Crippen LogP contribution in [0.3, 0.4) is 0 Å². The zero-order chi connectivity index (χ0) is 18.3. The molecule has 0 radical (unpaired) electrons. The Morgan fingerprint density at radius 1 is 1.24 bits per heavy atom. The first-order valence-electron chi connectivity index (χ1n) is 9.20. The van der Waals surface area contributed by atoms with E-state index in [0.29, 0.717) is 0 Å². The highest BCUT2D eigenvalue weighted by Gasteiger charge is 2.28. The molecule has 142 valence electrons. The second-order valence-corrected chi connectivity index (χ2v) is 7.09. The third-order valence-electron chi connectivity index (χ3n) is 4.68. The van der Waals surface area contributed by atoms with Gasteiger partial charge in [0.2, 0.25) is 0 Å². The van der Waals surface area contributed by atoms with Crippen molar-refractivity contribution in [2.24, 2.45) is 4.99 Å². The maximum Gasteiger partial charge on any atom is 0.191 e. The average molecular weight is 351 g/mol. The van der Waals surface area contributed by atoms with Crippen LogP contribution in [0, 0.1) is 13.8 Å². The van der Waals surface area contributed by atoms with E-state index < -0.39 is 0 Å². The molecule has 0 saturated carbocycles. The number of aryl methyl sites for hydroxylation is 2.